The maximum Gasteiger partial charge on any atom is 0.310 e. The molecule has 0 aliphatic carbocycles. The number of carbonyl (C=O) groups is 2. The first-order chi connectivity index (χ1) is 9.02. The summed E-state index contributed by atoms with van der Waals surface area (Å²) in [5, 5.41) is 7.71. The maximum absolute atomic E-state index is 11.6. The molecular formula is C12H16N4O3. The number of methoxy groups -OCH3 is 1. The minimum Gasteiger partial charge on any atom is -0.469 e. The van der Waals surface area contributed by atoms with Crippen LogP contribution in [-0.2, 0) is 9.53 Å². The van der Waals surface area contributed by atoms with Crippen LogP contribution in [0, 0.1) is 11.8 Å². The van der Waals surface area contributed by atoms with E-state index in [0.29, 0.717) is 18.9 Å². The number of aromatic nitrogens is 2. The van der Waals surface area contributed by atoms with Crippen molar-refractivity contribution in [2.75, 3.05) is 25.1 Å². The van der Waals surface area contributed by atoms with Crippen LogP contribution in [-0.4, -0.2) is 42.3 Å². The molecule has 102 valence electrons. The second kappa shape index (κ2) is 5.21. The normalized spacial score (nSPS) is 22.3. The second-order valence-corrected chi connectivity index (χ2v) is 4.65. The molecule has 0 spiro atoms. The van der Waals surface area contributed by atoms with Crippen molar-refractivity contribution < 1.29 is 14.3 Å². The number of ether oxygens (including phenoxy) is 1. The van der Waals surface area contributed by atoms with Crippen molar-refractivity contribution in [3.05, 3.63) is 17.8 Å². The Balaban J connectivity index is 2.11. The fraction of sp³-hybridized carbons (Fsp3) is 0.500. The third-order valence-corrected chi connectivity index (χ3v) is 3.34. The van der Waals surface area contributed by atoms with Crippen LogP contribution < -0.4 is 10.6 Å². The zero-order valence-corrected chi connectivity index (χ0v) is 10.9. The van der Waals surface area contributed by atoms with Gasteiger partial charge in [-0.25, -0.2) is 0 Å². The highest BCUT2D eigenvalue weighted by Gasteiger charge is 2.36. The number of nitrogens with zero attached hydrogens (tertiary/aromatic N) is 3. The lowest BCUT2D eigenvalue weighted by molar-refractivity contribution is -0.145. The van der Waals surface area contributed by atoms with Gasteiger partial charge in [-0.2, -0.15) is 0 Å². The van der Waals surface area contributed by atoms with Crippen LogP contribution in [0.5, 0.6) is 0 Å². The smallest absolute Gasteiger partial charge is 0.310 e. The van der Waals surface area contributed by atoms with E-state index in [1.54, 1.807) is 6.07 Å². The Morgan fingerprint density at radius 1 is 1.37 bits per heavy atom. The van der Waals surface area contributed by atoms with Crippen LogP contribution in [0.4, 0.5) is 5.82 Å². The first-order valence-corrected chi connectivity index (χ1v) is 5.99. The van der Waals surface area contributed by atoms with Crippen molar-refractivity contribution in [3.8, 4) is 0 Å². The van der Waals surface area contributed by atoms with Gasteiger partial charge >= 0.3 is 5.97 Å². The summed E-state index contributed by atoms with van der Waals surface area (Å²) in [6.45, 7) is 3.23. The molecule has 1 amide bonds. The largest absolute Gasteiger partial charge is 0.469 e. The lowest BCUT2D eigenvalue weighted by Crippen LogP contribution is -2.25. The first-order valence-electron chi connectivity index (χ1n) is 5.99. The Morgan fingerprint density at radius 3 is 2.63 bits per heavy atom. The Morgan fingerprint density at radius 2 is 2.11 bits per heavy atom. The third kappa shape index (κ3) is 2.64. The highest BCUT2D eigenvalue weighted by molar-refractivity contribution is 5.90. The number of amides is 1. The zero-order chi connectivity index (χ0) is 14.0. The topological polar surface area (TPSA) is 98.4 Å². The highest BCUT2D eigenvalue weighted by atomic mass is 16.5. The Labute approximate surface area is 110 Å². The van der Waals surface area contributed by atoms with Crippen LogP contribution in [0.15, 0.2) is 12.1 Å². The van der Waals surface area contributed by atoms with Crippen LogP contribution in [0.1, 0.15) is 17.4 Å². The van der Waals surface area contributed by atoms with Crippen molar-refractivity contribution in [1.82, 2.24) is 10.2 Å². The number of nitrogens with two attached hydrogens (primary N) is 1. The van der Waals surface area contributed by atoms with Gasteiger partial charge in [-0.3, -0.25) is 9.59 Å². The fourth-order valence-electron chi connectivity index (χ4n) is 2.24. The average Bonchev–Trinajstić information content (AvgIpc) is 2.80. The molecule has 0 bridgehead atoms. The predicted molar refractivity (Wildman–Crippen MR) is 67.4 cm³/mol. The van der Waals surface area contributed by atoms with Gasteiger partial charge in [0.2, 0.25) is 0 Å². The van der Waals surface area contributed by atoms with E-state index in [2.05, 4.69) is 10.2 Å². The third-order valence-electron chi connectivity index (χ3n) is 3.34. The van der Waals surface area contributed by atoms with E-state index < -0.39 is 5.91 Å². The molecule has 7 heteroatoms. The number of rotatable bonds is 3. The summed E-state index contributed by atoms with van der Waals surface area (Å²) in [6.07, 6.45) is 0. The molecule has 1 aliphatic rings. The molecule has 2 atom stereocenters. The molecule has 7 nitrogen and oxygen atoms in total. The summed E-state index contributed by atoms with van der Waals surface area (Å²) in [6, 6.07) is 3.21. The average molecular weight is 264 g/mol. The van der Waals surface area contributed by atoms with Crippen molar-refractivity contribution >= 4 is 17.7 Å². The molecule has 2 heterocycles. The molecular weight excluding hydrogens is 248 g/mol. The molecule has 1 aliphatic heterocycles. The molecule has 0 radical (unpaired) electrons. The lowest BCUT2D eigenvalue weighted by Gasteiger charge is -2.16. The van der Waals surface area contributed by atoms with Crippen molar-refractivity contribution in [1.29, 1.82) is 0 Å². The lowest BCUT2D eigenvalue weighted by atomic mass is 9.99. The number of esters is 1. The monoisotopic (exact) mass is 264 g/mol. The van der Waals surface area contributed by atoms with Gasteiger partial charge in [0.1, 0.15) is 0 Å². The first kappa shape index (κ1) is 13.3. The number of anilines is 1. The van der Waals surface area contributed by atoms with Gasteiger partial charge in [-0.1, -0.05) is 6.92 Å². The Kier molecular flexibility index (Phi) is 3.64. The van der Waals surface area contributed by atoms with E-state index in [1.165, 1.54) is 13.2 Å². The standard InChI is InChI=1S/C12H16N4O3/c1-7-5-16(6-8(7)12(18)19-2)10-4-3-9(11(13)17)14-15-10/h3-4,7-8H,5-6H2,1-2H3,(H2,13,17). The van der Waals surface area contributed by atoms with Crippen molar-refractivity contribution in [2.45, 2.75) is 6.92 Å². The highest BCUT2D eigenvalue weighted by Crippen LogP contribution is 2.27. The Hall–Kier alpha value is -2.18. The van der Waals surface area contributed by atoms with Crippen molar-refractivity contribution in [3.63, 3.8) is 0 Å². The molecule has 1 aromatic rings. The van der Waals surface area contributed by atoms with Crippen LogP contribution in [0.25, 0.3) is 0 Å². The fourth-order valence-corrected chi connectivity index (χ4v) is 2.24. The van der Waals surface area contributed by atoms with Gasteiger partial charge in [0.15, 0.2) is 11.5 Å². The molecule has 2 unspecified atom stereocenters. The van der Waals surface area contributed by atoms with E-state index in [-0.39, 0.29) is 23.5 Å². The number of carbonyl (C=O) groups excluding carboxylic acids is 2. The van der Waals surface area contributed by atoms with Crippen LogP contribution in [0.2, 0.25) is 0 Å². The number of hydrogen-bond acceptors (Lipinski definition) is 6. The molecule has 0 saturated carbocycles. The molecule has 1 aromatic heterocycles. The van der Waals surface area contributed by atoms with Gasteiger partial charge in [0.25, 0.3) is 5.91 Å². The summed E-state index contributed by atoms with van der Waals surface area (Å²) >= 11 is 0. The minimum absolute atomic E-state index is 0.125. The summed E-state index contributed by atoms with van der Waals surface area (Å²) in [5.41, 5.74) is 5.23. The Bertz CT molecular complexity index is 488. The van der Waals surface area contributed by atoms with Gasteiger partial charge in [-0.05, 0) is 18.1 Å². The maximum atomic E-state index is 11.6. The van der Waals surface area contributed by atoms with Gasteiger partial charge < -0.3 is 15.4 Å². The number of hydrogen-bond donors (Lipinski definition) is 1. The summed E-state index contributed by atoms with van der Waals surface area (Å²) in [4.78, 5) is 24.5. The van der Waals surface area contributed by atoms with E-state index in [0.717, 1.165) is 0 Å². The quantitative estimate of drug-likeness (QED) is 0.760. The molecule has 1 fully saturated rings. The minimum atomic E-state index is -0.610. The van der Waals surface area contributed by atoms with E-state index >= 15 is 0 Å². The molecule has 2 N–H and O–H groups in total. The van der Waals surface area contributed by atoms with E-state index in [4.69, 9.17) is 10.5 Å². The summed E-state index contributed by atoms with van der Waals surface area (Å²) < 4.78 is 4.78. The second-order valence-electron chi connectivity index (χ2n) is 4.65. The van der Waals surface area contributed by atoms with E-state index in [1.807, 2.05) is 11.8 Å². The number of primary amides is 1. The molecule has 0 aromatic carbocycles. The predicted octanol–water partition coefficient (Wildman–Crippen LogP) is -0.179. The molecule has 1 saturated heterocycles. The summed E-state index contributed by atoms with van der Waals surface area (Å²) in [7, 11) is 1.39. The molecule has 2 rings (SSSR count). The van der Waals surface area contributed by atoms with Gasteiger partial charge in [-0.15, -0.1) is 10.2 Å². The van der Waals surface area contributed by atoms with E-state index in [9.17, 15) is 9.59 Å². The zero-order valence-electron chi connectivity index (χ0n) is 10.9. The van der Waals surface area contributed by atoms with Gasteiger partial charge in [0.05, 0.1) is 13.0 Å². The van der Waals surface area contributed by atoms with Crippen LogP contribution >= 0.6 is 0 Å². The van der Waals surface area contributed by atoms with Gasteiger partial charge in [0, 0.05) is 13.1 Å². The SMILES string of the molecule is COC(=O)C1CN(c2ccc(C(N)=O)nn2)CC1C. The van der Waals surface area contributed by atoms with Crippen molar-refractivity contribution in [2.24, 2.45) is 17.6 Å². The summed E-state index contributed by atoms with van der Waals surface area (Å²) in [5.74, 6) is -0.172. The molecule has 19 heavy (non-hydrogen) atoms. The van der Waals surface area contributed by atoms with Crippen LogP contribution in [0.3, 0.4) is 0 Å².